The van der Waals surface area contributed by atoms with Crippen molar-refractivity contribution in [3.63, 3.8) is 0 Å². The van der Waals surface area contributed by atoms with Crippen molar-refractivity contribution >= 4 is 27.5 Å². The van der Waals surface area contributed by atoms with E-state index < -0.39 is 5.54 Å². The highest BCUT2D eigenvalue weighted by molar-refractivity contribution is 9.10. The molecule has 1 rings (SSSR count). The molecule has 82 valence electrons. The van der Waals surface area contributed by atoms with E-state index in [1.54, 1.807) is 25.5 Å². The smallest absolute Gasteiger partial charge is 0.244 e. The van der Waals surface area contributed by atoms with Crippen LogP contribution in [-0.2, 0) is 4.79 Å². The Balaban J connectivity index is 2.80. The van der Waals surface area contributed by atoms with Crippen LogP contribution < -0.4 is 10.6 Å². The zero-order valence-corrected chi connectivity index (χ0v) is 10.6. The third-order valence-corrected chi connectivity index (χ3v) is 2.85. The van der Waals surface area contributed by atoms with Crippen LogP contribution in [0.2, 0.25) is 0 Å². The van der Waals surface area contributed by atoms with Gasteiger partial charge in [0, 0.05) is 12.4 Å². The van der Waals surface area contributed by atoms with E-state index in [1.165, 1.54) is 0 Å². The van der Waals surface area contributed by atoms with Crippen LogP contribution in [0, 0.1) is 0 Å². The predicted molar refractivity (Wildman–Crippen MR) is 63.7 cm³/mol. The van der Waals surface area contributed by atoms with E-state index in [4.69, 9.17) is 0 Å². The normalized spacial score (nSPS) is 11.2. The Labute approximate surface area is 97.6 Å². The number of halogens is 1. The number of hydrogen-bond acceptors (Lipinski definition) is 3. The van der Waals surface area contributed by atoms with Crippen LogP contribution in [0.25, 0.3) is 0 Å². The standard InChI is InChI=1S/C10H14BrN3O/c1-10(2,12-3)9(15)14-8-4-5-13-6-7(8)11/h4-6,12H,1-3H3,(H,13,14,15). The average Bonchev–Trinajstić information content (AvgIpc) is 2.21. The number of amides is 1. The van der Waals surface area contributed by atoms with Crippen molar-refractivity contribution in [2.24, 2.45) is 0 Å². The summed E-state index contributed by atoms with van der Waals surface area (Å²) in [6.45, 7) is 3.63. The molecule has 0 radical (unpaired) electrons. The molecule has 0 bridgehead atoms. The summed E-state index contributed by atoms with van der Waals surface area (Å²) in [5.74, 6) is -0.0862. The van der Waals surface area contributed by atoms with Crippen LogP contribution in [0.5, 0.6) is 0 Å². The molecule has 0 aliphatic carbocycles. The second-order valence-corrected chi connectivity index (χ2v) is 4.54. The zero-order chi connectivity index (χ0) is 11.5. The third kappa shape index (κ3) is 3.00. The molecule has 1 heterocycles. The van der Waals surface area contributed by atoms with E-state index in [9.17, 15) is 4.79 Å². The number of pyridine rings is 1. The number of carbonyl (C=O) groups excluding carboxylic acids is 1. The molecule has 0 saturated carbocycles. The fourth-order valence-corrected chi connectivity index (χ4v) is 1.22. The molecule has 0 atom stereocenters. The first-order valence-corrected chi connectivity index (χ1v) is 5.36. The number of nitrogens with zero attached hydrogens (tertiary/aromatic N) is 1. The monoisotopic (exact) mass is 271 g/mol. The van der Waals surface area contributed by atoms with Gasteiger partial charge in [0.1, 0.15) is 0 Å². The van der Waals surface area contributed by atoms with Gasteiger partial charge in [0.15, 0.2) is 0 Å². The molecule has 4 nitrogen and oxygen atoms in total. The Hall–Kier alpha value is -0.940. The van der Waals surface area contributed by atoms with Crippen molar-refractivity contribution in [1.82, 2.24) is 10.3 Å². The summed E-state index contributed by atoms with van der Waals surface area (Å²) in [7, 11) is 1.75. The van der Waals surface area contributed by atoms with Crippen LogP contribution in [0.3, 0.4) is 0 Å². The van der Waals surface area contributed by atoms with Gasteiger partial charge in [-0.1, -0.05) is 0 Å². The maximum absolute atomic E-state index is 11.8. The number of aromatic nitrogens is 1. The molecule has 0 aliphatic heterocycles. The van der Waals surface area contributed by atoms with Crippen LogP contribution in [0.4, 0.5) is 5.69 Å². The number of hydrogen-bond donors (Lipinski definition) is 2. The van der Waals surface area contributed by atoms with E-state index in [-0.39, 0.29) is 5.91 Å². The maximum atomic E-state index is 11.8. The molecular formula is C10H14BrN3O. The summed E-state index contributed by atoms with van der Waals surface area (Å²) >= 11 is 3.32. The Kier molecular flexibility index (Phi) is 3.82. The van der Waals surface area contributed by atoms with E-state index in [2.05, 4.69) is 31.5 Å². The van der Waals surface area contributed by atoms with Crippen molar-refractivity contribution in [3.8, 4) is 0 Å². The predicted octanol–water partition coefficient (Wildman–Crippen LogP) is 1.78. The molecule has 1 aromatic rings. The van der Waals surface area contributed by atoms with Gasteiger partial charge in [-0.25, -0.2) is 0 Å². The lowest BCUT2D eigenvalue weighted by Crippen LogP contribution is -2.47. The third-order valence-electron chi connectivity index (χ3n) is 2.21. The van der Waals surface area contributed by atoms with Gasteiger partial charge in [0.2, 0.25) is 5.91 Å². The van der Waals surface area contributed by atoms with Gasteiger partial charge in [0.05, 0.1) is 15.7 Å². The van der Waals surface area contributed by atoms with Crippen molar-refractivity contribution in [2.45, 2.75) is 19.4 Å². The van der Waals surface area contributed by atoms with Crippen LogP contribution in [0.1, 0.15) is 13.8 Å². The Morgan fingerprint density at radius 1 is 1.53 bits per heavy atom. The maximum Gasteiger partial charge on any atom is 0.244 e. The second-order valence-electron chi connectivity index (χ2n) is 3.68. The lowest BCUT2D eigenvalue weighted by atomic mass is 10.1. The average molecular weight is 272 g/mol. The molecule has 5 heteroatoms. The molecule has 0 aliphatic rings. The minimum absolute atomic E-state index is 0.0862. The first-order valence-electron chi connectivity index (χ1n) is 4.57. The fraction of sp³-hybridized carbons (Fsp3) is 0.400. The highest BCUT2D eigenvalue weighted by Gasteiger charge is 2.25. The highest BCUT2D eigenvalue weighted by Crippen LogP contribution is 2.20. The molecule has 0 aromatic carbocycles. The largest absolute Gasteiger partial charge is 0.323 e. The van der Waals surface area contributed by atoms with Gasteiger partial charge in [-0.05, 0) is 42.9 Å². The van der Waals surface area contributed by atoms with E-state index >= 15 is 0 Å². The molecule has 1 aromatic heterocycles. The first kappa shape index (κ1) is 12.1. The Morgan fingerprint density at radius 3 is 2.73 bits per heavy atom. The lowest BCUT2D eigenvalue weighted by Gasteiger charge is -2.22. The minimum atomic E-state index is -0.595. The number of anilines is 1. The number of likely N-dealkylation sites (N-methyl/N-ethyl adjacent to an activating group) is 1. The molecule has 0 saturated heterocycles. The summed E-state index contributed by atoms with van der Waals surface area (Å²) in [5.41, 5.74) is 0.126. The van der Waals surface area contributed by atoms with E-state index in [0.717, 1.165) is 10.2 Å². The van der Waals surface area contributed by atoms with Crippen molar-refractivity contribution in [3.05, 3.63) is 22.9 Å². The quantitative estimate of drug-likeness (QED) is 0.881. The number of nitrogens with one attached hydrogen (secondary N) is 2. The van der Waals surface area contributed by atoms with E-state index in [0.29, 0.717) is 0 Å². The van der Waals surface area contributed by atoms with Gasteiger partial charge in [-0.3, -0.25) is 9.78 Å². The molecule has 15 heavy (non-hydrogen) atoms. The summed E-state index contributed by atoms with van der Waals surface area (Å²) in [6, 6.07) is 1.74. The van der Waals surface area contributed by atoms with Gasteiger partial charge in [-0.2, -0.15) is 0 Å². The SMILES string of the molecule is CNC(C)(C)C(=O)Nc1ccncc1Br. The van der Waals surface area contributed by atoms with Gasteiger partial charge in [-0.15, -0.1) is 0 Å². The Morgan fingerprint density at radius 2 is 2.20 bits per heavy atom. The number of carbonyl (C=O) groups is 1. The topological polar surface area (TPSA) is 54.0 Å². The molecule has 0 unspecified atom stereocenters. The van der Waals surface area contributed by atoms with Crippen molar-refractivity contribution in [2.75, 3.05) is 12.4 Å². The zero-order valence-electron chi connectivity index (χ0n) is 8.97. The van der Waals surface area contributed by atoms with Crippen LogP contribution in [0.15, 0.2) is 22.9 Å². The fourth-order valence-electron chi connectivity index (χ4n) is 0.869. The van der Waals surface area contributed by atoms with Gasteiger partial charge in [0.25, 0.3) is 0 Å². The summed E-state index contributed by atoms with van der Waals surface area (Å²) in [6.07, 6.45) is 3.27. The van der Waals surface area contributed by atoms with Crippen LogP contribution in [-0.4, -0.2) is 23.5 Å². The first-order chi connectivity index (χ1) is 6.97. The molecule has 2 N–H and O–H groups in total. The van der Waals surface area contributed by atoms with Gasteiger partial charge >= 0.3 is 0 Å². The van der Waals surface area contributed by atoms with Gasteiger partial charge < -0.3 is 10.6 Å². The second kappa shape index (κ2) is 4.72. The molecular weight excluding hydrogens is 258 g/mol. The summed E-state index contributed by atoms with van der Waals surface area (Å²) < 4.78 is 0.769. The molecule has 0 spiro atoms. The highest BCUT2D eigenvalue weighted by atomic mass is 79.9. The Bertz CT molecular complexity index is 365. The van der Waals surface area contributed by atoms with Crippen molar-refractivity contribution in [1.29, 1.82) is 0 Å². The summed E-state index contributed by atoms with van der Waals surface area (Å²) in [4.78, 5) is 15.7. The van der Waals surface area contributed by atoms with E-state index in [1.807, 2.05) is 13.8 Å². The van der Waals surface area contributed by atoms with Crippen molar-refractivity contribution < 1.29 is 4.79 Å². The van der Waals surface area contributed by atoms with Crippen LogP contribution >= 0.6 is 15.9 Å². The number of rotatable bonds is 3. The lowest BCUT2D eigenvalue weighted by molar-refractivity contribution is -0.121. The minimum Gasteiger partial charge on any atom is -0.323 e. The molecule has 1 amide bonds. The molecule has 0 fully saturated rings. The summed E-state index contributed by atoms with van der Waals surface area (Å²) in [5, 5.41) is 5.75.